The van der Waals surface area contributed by atoms with Crippen molar-refractivity contribution in [2.45, 2.75) is 64.8 Å². The summed E-state index contributed by atoms with van der Waals surface area (Å²) < 4.78 is 0. The molecular weight excluding hydrogens is 196 g/mol. The van der Waals surface area contributed by atoms with Gasteiger partial charge in [0.15, 0.2) is 0 Å². The summed E-state index contributed by atoms with van der Waals surface area (Å²) in [5.41, 5.74) is 5.75. The number of nitrogens with two attached hydrogens (primary N) is 1. The van der Waals surface area contributed by atoms with Crippen LogP contribution in [0.3, 0.4) is 0 Å². The molecule has 96 valence electrons. The summed E-state index contributed by atoms with van der Waals surface area (Å²) in [5.74, 6) is 0.869. The molecule has 16 heavy (non-hydrogen) atoms. The molecule has 0 aromatic heterocycles. The summed E-state index contributed by atoms with van der Waals surface area (Å²) in [6, 6.07) is 0.831. The predicted octanol–water partition coefficient (Wildman–Crippen LogP) is 3.02. The van der Waals surface area contributed by atoms with Crippen molar-refractivity contribution in [3.8, 4) is 0 Å². The molecule has 0 bridgehead atoms. The molecule has 2 heteroatoms. The van der Waals surface area contributed by atoms with Crippen molar-refractivity contribution in [2.75, 3.05) is 19.6 Å². The molecule has 0 radical (unpaired) electrons. The number of hydrogen-bond donors (Lipinski definition) is 1. The zero-order chi connectivity index (χ0) is 11.8. The lowest BCUT2D eigenvalue weighted by Gasteiger charge is -2.36. The average molecular weight is 226 g/mol. The van der Waals surface area contributed by atoms with Gasteiger partial charge in [0.2, 0.25) is 0 Å². The van der Waals surface area contributed by atoms with E-state index in [4.69, 9.17) is 5.73 Å². The Hall–Kier alpha value is -0.0800. The van der Waals surface area contributed by atoms with Crippen LogP contribution in [0.2, 0.25) is 0 Å². The SMILES string of the molecule is CCC(CC)CN(CCN)C1CCCCC1. The third kappa shape index (κ3) is 4.42. The molecule has 0 unspecified atom stereocenters. The lowest BCUT2D eigenvalue weighted by molar-refractivity contribution is 0.134. The standard InChI is InChI=1S/C14H30N2/c1-3-13(4-2)12-16(11-10-15)14-8-6-5-7-9-14/h13-14H,3-12,15H2,1-2H3. The van der Waals surface area contributed by atoms with Crippen molar-refractivity contribution in [3.63, 3.8) is 0 Å². The molecule has 0 atom stereocenters. The van der Waals surface area contributed by atoms with Gasteiger partial charge in [-0.1, -0.05) is 46.0 Å². The maximum atomic E-state index is 5.75. The molecule has 1 rings (SSSR count). The van der Waals surface area contributed by atoms with Gasteiger partial charge in [-0.25, -0.2) is 0 Å². The van der Waals surface area contributed by atoms with Crippen molar-refractivity contribution < 1.29 is 0 Å². The minimum Gasteiger partial charge on any atom is -0.329 e. The van der Waals surface area contributed by atoms with Crippen LogP contribution in [-0.2, 0) is 0 Å². The smallest absolute Gasteiger partial charge is 0.0108 e. The van der Waals surface area contributed by atoms with Gasteiger partial charge in [0.05, 0.1) is 0 Å². The fraction of sp³-hybridized carbons (Fsp3) is 1.00. The highest BCUT2D eigenvalue weighted by Gasteiger charge is 2.22. The van der Waals surface area contributed by atoms with Gasteiger partial charge in [0.1, 0.15) is 0 Å². The Morgan fingerprint density at radius 3 is 2.25 bits per heavy atom. The van der Waals surface area contributed by atoms with Crippen molar-refractivity contribution in [3.05, 3.63) is 0 Å². The fourth-order valence-electron chi connectivity index (χ4n) is 2.91. The summed E-state index contributed by atoms with van der Waals surface area (Å²) >= 11 is 0. The first-order valence-corrected chi connectivity index (χ1v) is 7.25. The molecule has 1 saturated carbocycles. The van der Waals surface area contributed by atoms with Gasteiger partial charge in [-0.05, 0) is 18.8 Å². The molecule has 0 heterocycles. The van der Waals surface area contributed by atoms with E-state index in [1.165, 1.54) is 51.5 Å². The molecule has 2 nitrogen and oxygen atoms in total. The van der Waals surface area contributed by atoms with E-state index < -0.39 is 0 Å². The van der Waals surface area contributed by atoms with Crippen molar-refractivity contribution in [2.24, 2.45) is 11.7 Å². The zero-order valence-electron chi connectivity index (χ0n) is 11.3. The first kappa shape index (κ1) is 14.0. The van der Waals surface area contributed by atoms with Crippen LogP contribution < -0.4 is 5.73 Å². The molecule has 0 aromatic rings. The van der Waals surface area contributed by atoms with E-state index in [1.807, 2.05) is 0 Å². The van der Waals surface area contributed by atoms with E-state index in [2.05, 4.69) is 18.7 Å². The molecule has 1 aliphatic rings. The zero-order valence-corrected chi connectivity index (χ0v) is 11.3. The number of hydrogen-bond acceptors (Lipinski definition) is 2. The van der Waals surface area contributed by atoms with E-state index >= 15 is 0 Å². The monoisotopic (exact) mass is 226 g/mol. The van der Waals surface area contributed by atoms with E-state index in [1.54, 1.807) is 0 Å². The predicted molar refractivity (Wildman–Crippen MR) is 71.6 cm³/mol. The third-order valence-electron chi connectivity index (χ3n) is 4.15. The quantitative estimate of drug-likeness (QED) is 0.723. The molecule has 0 aliphatic heterocycles. The summed E-state index contributed by atoms with van der Waals surface area (Å²) in [6.07, 6.45) is 9.72. The third-order valence-corrected chi connectivity index (χ3v) is 4.15. The highest BCUT2D eigenvalue weighted by Crippen LogP contribution is 2.24. The summed E-state index contributed by atoms with van der Waals surface area (Å²) in [6.45, 7) is 7.82. The molecule has 0 saturated heterocycles. The average Bonchev–Trinajstić information content (AvgIpc) is 2.35. The molecule has 1 fully saturated rings. The maximum absolute atomic E-state index is 5.75. The van der Waals surface area contributed by atoms with Crippen LogP contribution in [0.25, 0.3) is 0 Å². The summed E-state index contributed by atoms with van der Waals surface area (Å²) in [7, 11) is 0. The van der Waals surface area contributed by atoms with Gasteiger partial charge in [0, 0.05) is 25.7 Å². The van der Waals surface area contributed by atoms with Gasteiger partial charge in [-0.2, -0.15) is 0 Å². The Balaban J connectivity index is 2.44. The minimum atomic E-state index is 0.816. The molecule has 1 aliphatic carbocycles. The molecule has 0 spiro atoms. The topological polar surface area (TPSA) is 29.3 Å². The molecular formula is C14H30N2. The summed E-state index contributed by atoms with van der Waals surface area (Å²) in [5, 5.41) is 0. The van der Waals surface area contributed by atoms with Crippen molar-refractivity contribution in [1.29, 1.82) is 0 Å². The number of rotatable bonds is 7. The highest BCUT2D eigenvalue weighted by molar-refractivity contribution is 4.77. The second kappa shape index (κ2) is 8.08. The van der Waals surface area contributed by atoms with Crippen molar-refractivity contribution in [1.82, 2.24) is 4.90 Å². The van der Waals surface area contributed by atoms with Crippen LogP contribution in [0.15, 0.2) is 0 Å². The largest absolute Gasteiger partial charge is 0.329 e. The van der Waals surface area contributed by atoms with E-state index in [0.717, 1.165) is 25.0 Å². The van der Waals surface area contributed by atoms with Gasteiger partial charge in [0.25, 0.3) is 0 Å². The van der Waals surface area contributed by atoms with E-state index in [-0.39, 0.29) is 0 Å². The first-order valence-electron chi connectivity index (χ1n) is 7.25. The van der Waals surface area contributed by atoms with Crippen LogP contribution in [-0.4, -0.2) is 30.6 Å². The van der Waals surface area contributed by atoms with Gasteiger partial charge >= 0.3 is 0 Å². The Labute approximate surface area is 102 Å². The molecule has 0 aromatic carbocycles. The lowest BCUT2D eigenvalue weighted by Crippen LogP contribution is -2.42. The molecule has 2 N–H and O–H groups in total. The Kier molecular flexibility index (Phi) is 7.06. The Bertz CT molecular complexity index is 160. The Morgan fingerprint density at radius 1 is 1.12 bits per heavy atom. The highest BCUT2D eigenvalue weighted by atomic mass is 15.2. The second-order valence-corrected chi connectivity index (χ2v) is 5.26. The van der Waals surface area contributed by atoms with Gasteiger partial charge < -0.3 is 5.73 Å². The second-order valence-electron chi connectivity index (χ2n) is 5.26. The normalized spacial score (nSPS) is 18.6. The van der Waals surface area contributed by atoms with E-state index in [9.17, 15) is 0 Å². The van der Waals surface area contributed by atoms with Crippen LogP contribution in [0, 0.1) is 5.92 Å². The maximum Gasteiger partial charge on any atom is 0.0108 e. The van der Waals surface area contributed by atoms with Gasteiger partial charge in [-0.3, -0.25) is 4.90 Å². The summed E-state index contributed by atoms with van der Waals surface area (Å²) in [4.78, 5) is 2.68. The first-order chi connectivity index (χ1) is 7.81. The van der Waals surface area contributed by atoms with Crippen molar-refractivity contribution >= 4 is 0 Å². The van der Waals surface area contributed by atoms with Crippen LogP contribution in [0.4, 0.5) is 0 Å². The van der Waals surface area contributed by atoms with Crippen LogP contribution in [0.5, 0.6) is 0 Å². The number of nitrogens with zero attached hydrogens (tertiary/aromatic N) is 1. The lowest BCUT2D eigenvalue weighted by atomic mass is 9.92. The molecule has 0 amide bonds. The fourth-order valence-corrected chi connectivity index (χ4v) is 2.91. The Morgan fingerprint density at radius 2 is 1.75 bits per heavy atom. The van der Waals surface area contributed by atoms with Crippen LogP contribution in [0.1, 0.15) is 58.8 Å². The van der Waals surface area contributed by atoms with Gasteiger partial charge in [-0.15, -0.1) is 0 Å². The van der Waals surface area contributed by atoms with E-state index in [0.29, 0.717) is 0 Å². The van der Waals surface area contributed by atoms with Crippen LogP contribution >= 0.6 is 0 Å². The minimum absolute atomic E-state index is 0.816.